The molecule has 0 bridgehead atoms. The van der Waals surface area contributed by atoms with Crippen molar-refractivity contribution >= 4 is 17.9 Å². The molecule has 2 aliphatic rings. The first kappa shape index (κ1) is 22.8. The molecule has 2 fully saturated rings. The number of hydrogen-bond acceptors (Lipinski definition) is 4. The van der Waals surface area contributed by atoms with E-state index in [2.05, 4.69) is 12.1 Å². The number of benzene rings is 2. The lowest BCUT2D eigenvalue weighted by Gasteiger charge is -2.38. The Morgan fingerprint density at radius 2 is 1.33 bits per heavy atom. The van der Waals surface area contributed by atoms with Gasteiger partial charge in [-0.15, -0.1) is 0 Å². The van der Waals surface area contributed by atoms with Crippen molar-refractivity contribution in [2.45, 2.75) is 19.8 Å². The van der Waals surface area contributed by atoms with Gasteiger partial charge in [-0.3, -0.25) is 9.59 Å². The molecule has 0 saturated carbocycles. The highest BCUT2D eigenvalue weighted by molar-refractivity contribution is 5.95. The van der Waals surface area contributed by atoms with Gasteiger partial charge in [0.2, 0.25) is 5.91 Å². The highest BCUT2D eigenvalue weighted by atomic mass is 16.6. The summed E-state index contributed by atoms with van der Waals surface area (Å²) in [6, 6.07) is 17.8. The van der Waals surface area contributed by atoms with Crippen molar-refractivity contribution < 1.29 is 19.1 Å². The minimum Gasteiger partial charge on any atom is -0.450 e. The van der Waals surface area contributed by atoms with Crippen LogP contribution in [0.25, 0.3) is 11.1 Å². The second kappa shape index (κ2) is 10.5. The van der Waals surface area contributed by atoms with Gasteiger partial charge in [0.15, 0.2) is 0 Å². The number of piperazine rings is 1. The van der Waals surface area contributed by atoms with Gasteiger partial charge in [-0.2, -0.15) is 0 Å². The molecule has 0 atom stereocenters. The molecule has 2 saturated heterocycles. The molecule has 2 heterocycles. The van der Waals surface area contributed by atoms with E-state index in [0.29, 0.717) is 64.3 Å². The number of piperidine rings is 1. The SMILES string of the molecule is CCOC(=O)N1CCN(C(=O)C2CCN(C(=O)c3ccc(-c4ccccc4)cc3)CC2)CC1. The van der Waals surface area contributed by atoms with Crippen molar-refractivity contribution in [3.63, 3.8) is 0 Å². The van der Waals surface area contributed by atoms with Crippen molar-refractivity contribution in [1.82, 2.24) is 14.7 Å². The summed E-state index contributed by atoms with van der Waals surface area (Å²) >= 11 is 0. The first-order chi connectivity index (χ1) is 16.1. The number of carbonyl (C=O) groups is 3. The lowest BCUT2D eigenvalue weighted by molar-refractivity contribution is -0.138. The Kier molecular flexibility index (Phi) is 7.27. The predicted molar refractivity (Wildman–Crippen MR) is 126 cm³/mol. The quantitative estimate of drug-likeness (QED) is 0.716. The Morgan fingerprint density at radius 3 is 1.94 bits per heavy atom. The summed E-state index contributed by atoms with van der Waals surface area (Å²) in [5, 5.41) is 0. The molecular formula is C26H31N3O4. The molecule has 2 aliphatic heterocycles. The molecule has 2 aromatic carbocycles. The molecule has 174 valence electrons. The zero-order chi connectivity index (χ0) is 23.2. The second-order valence-corrected chi connectivity index (χ2v) is 8.52. The minimum atomic E-state index is -0.312. The van der Waals surface area contributed by atoms with Crippen LogP contribution in [0.15, 0.2) is 54.6 Å². The number of ether oxygens (including phenoxy) is 1. The monoisotopic (exact) mass is 449 g/mol. The maximum atomic E-state index is 13.0. The summed E-state index contributed by atoms with van der Waals surface area (Å²) in [5.41, 5.74) is 2.88. The topological polar surface area (TPSA) is 70.2 Å². The molecule has 3 amide bonds. The van der Waals surface area contributed by atoms with Crippen molar-refractivity contribution in [1.29, 1.82) is 0 Å². The Labute approximate surface area is 194 Å². The van der Waals surface area contributed by atoms with Crippen LogP contribution in [0, 0.1) is 5.92 Å². The zero-order valence-corrected chi connectivity index (χ0v) is 19.1. The summed E-state index contributed by atoms with van der Waals surface area (Å²) < 4.78 is 5.04. The molecule has 33 heavy (non-hydrogen) atoms. The van der Waals surface area contributed by atoms with E-state index >= 15 is 0 Å². The maximum Gasteiger partial charge on any atom is 0.409 e. The predicted octanol–water partition coefficient (Wildman–Crippen LogP) is 3.51. The van der Waals surface area contributed by atoms with Gasteiger partial charge in [-0.05, 0) is 43.0 Å². The fraction of sp³-hybridized carbons (Fsp3) is 0.423. The number of amides is 3. The lowest BCUT2D eigenvalue weighted by atomic mass is 9.94. The van der Waals surface area contributed by atoms with Crippen LogP contribution in [-0.4, -0.2) is 78.5 Å². The highest BCUT2D eigenvalue weighted by Crippen LogP contribution is 2.24. The summed E-state index contributed by atoms with van der Waals surface area (Å²) in [7, 11) is 0. The molecule has 0 aliphatic carbocycles. The van der Waals surface area contributed by atoms with Gasteiger partial charge in [0.1, 0.15) is 0 Å². The number of hydrogen-bond donors (Lipinski definition) is 0. The molecule has 0 unspecified atom stereocenters. The molecule has 0 radical (unpaired) electrons. The summed E-state index contributed by atoms with van der Waals surface area (Å²) in [5.74, 6) is 0.0880. The average molecular weight is 450 g/mol. The van der Waals surface area contributed by atoms with Gasteiger partial charge in [0, 0.05) is 50.7 Å². The molecule has 7 heteroatoms. The van der Waals surface area contributed by atoms with Gasteiger partial charge >= 0.3 is 6.09 Å². The van der Waals surface area contributed by atoms with Crippen LogP contribution < -0.4 is 0 Å². The highest BCUT2D eigenvalue weighted by Gasteiger charge is 2.32. The Bertz CT molecular complexity index is 961. The van der Waals surface area contributed by atoms with Gasteiger partial charge in [0.05, 0.1) is 6.61 Å². The number of carbonyl (C=O) groups excluding carboxylic acids is 3. The average Bonchev–Trinajstić information content (AvgIpc) is 2.89. The largest absolute Gasteiger partial charge is 0.450 e. The lowest BCUT2D eigenvalue weighted by Crippen LogP contribution is -2.53. The zero-order valence-electron chi connectivity index (χ0n) is 19.1. The van der Waals surface area contributed by atoms with Crippen molar-refractivity contribution in [2.24, 2.45) is 5.92 Å². The first-order valence-electron chi connectivity index (χ1n) is 11.7. The van der Waals surface area contributed by atoms with Crippen molar-refractivity contribution in [3.05, 3.63) is 60.2 Å². The van der Waals surface area contributed by atoms with Crippen LogP contribution in [0.5, 0.6) is 0 Å². The van der Waals surface area contributed by atoms with E-state index < -0.39 is 0 Å². The van der Waals surface area contributed by atoms with Crippen LogP contribution in [0.3, 0.4) is 0 Å². The molecule has 4 rings (SSSR count). The molecule has 2 aromatic rings. The number of rotatable bonds is 4. The molecule has 0 N–H and O–H groups in total. The smallest absolute Gasteiger partial charge is 0.409 e. The van der Waals surface area contributed by atoms with E-state index in [9.17, 15) is 14.4 Å². The Balaban J connectivity index is 1.27. The van der Waals surface area contributed by atoms with E-state index in [4.69, 9.17) is 4.74 Å². The fourth-order valence-electron chi connectivity index (χ4n) is 4.53. The minimum absolute atomic E-state index is 0.0172. The summed E-state index contributed by atoms with van der Waals surface area (Å²) in [4.78, 5) is 43.1. The van der Waals surface area contributed by atoms with Gasteiger partial charge in [0.25, 0.3) is 5.91 Å². The molecular weight excluding hydrogens is 418 g/mol. The standard InChI is InChI=1S/C26H31N3O4/c1-2-33-26(32)29-18-16-28(17-19-29)25(31)23-12-14-27(15-13-23)24(30)22-10-8-21(9-11-22)20-6-4-3-5-7-20/h3-11,23H,2,12-19H2,1H3. The van der Waals surface area contributed by atoms with E-state index in [-0.39, 0.29) is 23.8 Å². The molecule has 0 aromatic heterocycles. The van der Waals surface area contributed by atoms with Crippen LogP contribution in [0.1, 0.15) is 30.1 Å². The summed E-state index contributed by atoms with van der Waals surface area (Å²) in [6.07, 6.45) is 1.03. The van der Waals surface area contributed by atoms with Crippen molar-refractivity contribution in [2.75, 3.05) is 45.9 Å². The van der Waals surface area contributed by atoms with E-state index in [0.717, 1.165) is 11.1 Å². The normalized spacial score (nSPS) is 17.1. The van der Waals surface area contributed by atoms with Crippen LogP contribution >= 0.6 is 0 Å². The van der Waals surface area contributed by atoms with E-state index in [1.54, 1.807) is 11.8 Å². The molecule has 0 spiro atoms. The number of nitrogens with zero attached hydrogens (tertiary/aromatic N) is 3. The maximum absolute atomic E-state index is 13.0. The first-order valence-corrected chi connectivity index (χ1v) is 11.7. The third kappa shape index (κ3) is 5.35. The van der Waals surface area contributed by atoms with Gasteiger partial charge < -0.3 is 19.4 Å². The van der Waals surface area contributed by atoms with Crippen LogP contribution in [0.2, 0.25) is 0 Å². The van der Waals surface area contributed by atoms with E-state index in [1.807, 2.05) is 52.3 Å². The fourth-order valence-corrected chi connectivity index (χ4v) is 4.53. The third-order valence-corrected chi connectivity index (χ3v) is 6.49. The van der Waals surface area contributed by atoms with Crippen LogP contribution in [0.4, 0.5) is 4.79 Å². The number of likely N-dealkylation sites (tertiary alicyclic amines) is 1. The second-order valence-electron chi connectivity index (χ2n) is 8.52. The third-order valence-electron chi connectivity index (χ3n) is 6.49. The van der Waals surface area contributed by atoms with Crippen molar-refractivity contribution in [3.8, 4) is 11.1 Å². The molecule has 7 nitrogen and oxygen atoms in total. The van der Waals surface area contributed by atoms with E-state index in [1.165, 1.54) is 0 Å². The van der Waals surface area contributed by atoms with Crippen LogP contribution in [-0.2, 0) is 9.53 Å². The Hall–Kier alpha value is -3.35. The summed E-state index contributed by atoms with van der Waals surface area (Å²) in [6.45, 7) is 5.37. The van der Waals surface area contributed by atoms with Gasteiger partial charge in [-0.1, -0.05) is 42.5 Å². The Morgan fingerprint density at radius 1 is 0.758 bits per heavy atom. The van der Waals surface area contributed by atoms with Gasteiger partial charge in [-0.25, -0.2) is 4.79 Å².